The Kier molecular flexibility index (Phi) is 6.20. The zero-order chi connectivity index (χ0) is 16.0. The fraction of sp³-hybridized carbons (Fsp3) is 0.333. The Morgan fingerprint density at radius 3 is 2.24 bits per heavy atom. The van der Waals surface area contributed by atoms with Gasteiger partial charge in [0.05, 0.1) is 19.8 Å². The van der Waals surface area contributed by atoms with E-state index in [-0.39, 0.29) is 5.75 Å². The Labute approximate surface area is 126 Å². The number of ether oxygens (including phenoxy) is 2. The molecular weight excluding hydrogens is 321 g/mol. The third-order valence-electron chi connectivity index (χ3n) is 2.40. The predicted molar refractivity (Wildman–Crippen MR) is 76.5 cm³/mol. The van der Waals surface area contributed by atoms with Crippen molar-refractivity contribution in [2.75, 3.05) is 14.2 Å². The summed E-state index contributed by atoms with van der Waals surface area (Å²) in [4.78, 5) is 22.5. The van der Waals surface area contributed by atoms with E-state index in [1.165, 1.54) is 45.4 Å². The van der Waals surface area contributed by atoms with E-state index in [0.29, 0.717) is 5.56 Å². The van der Waals surface area contributed by atoms with Gasteiger partial charge in [-0.2, -0.15) is 0 Å². The van der Waals surface area contributed by atoms with Crippen molar-refractivity contribution in [3.63, 3.8) is 0 Å². The van der Waals surface area contributed by atoms with Crippen LogP contribution in [-0.2, 0) is 18.8 Å². The predicted octanol–water partition coefficient (Wildman–Crippen LogP) is 2.35. The minimum atomic E-state index is -3.78. The third kappa shape index (κ3) is 5.38. The van der Waals surface area contributed by atoms with E-state index in [4.69, 9.17) is 15.8 Å². The lowest BCUT2D eigenvalue weighted by Crippen LogP contribution is -2.32. The summed E-state index contributed by atoms with van der Waals surface area (Å²) in [5.74, 6) is -0.959. The summed E-state index contributed by atoms with van der Waals surface area (Å²) in [7, 11) is 2.46. The maximum atomic E-state index is 12.0. The van der Waals surface area contributed by atoms with Crippen LogP contribution >= 0.6 is 18.1 Å². The van der Waals surface area contributed by atoms with E-state index in [2.05, 4.69) is 14.6 Å². The molecule has 116 valence electrons. The van der Waals surface area contributed by atoms with Crippen molar-refractivity contribution in [2.24, 2.45) is 0 Å². The van der Waals surface area contributed by atoms with Crippen LogP contribution in [-0.4, -0.2) is 32.2 Å². The average molecular weight is 336 g/mol. The smallest absolute Gasteiger partial charge is 0.409 e. The van der Waals surface area contributed by atoms with E-state index >= 15 is 0 Å². The number of esters is 2. The van der Waals surface area contributed by atoms with Gasteiger partial charge in [-0.3, -0.25) is 4.79 Å². The van der Waals surface area contributed by atoms with Crippen LogP contribution in [0.4, 0.5) is 0 Å². The molecule has 0 spiro atoms. The molecule has 1 aromatic carbocycles. The van der Waals surface area contributed by atoms with Gasteiger partial charge in [0.2, 0.25) is 0 Å². The molecule has 0 saturated carbocycles. The SMILES string of the molecule is COC(=O)c1ccc(OP(=O)(Cl)N[C@@H](C)C(=O)OC)cc1. The second kappa shape index (κ2) is 7.45. The van der Waals surface area contributed by atoms with E-state index < -0.39 is 24.9 Å². The quantitative estimate of drug-likeness (QED) is 0.630. The molecule has 0 aliphatic carbocycles. The Bertz CT molecular complexity index is 561. The van der Waals surface area contributed by atoms with Crippen LogP contribution in [0.2, 0.25) is 0 Å². The number of carbonyl (C=O) groups is 2. The highest BCUT2D eigenvalue weighted by Gasteiger charge is 2.27. The molecule has 21 heavy (non-hydrogen) atoms. The molecular formula is C12H15ClNO6P. The molecule has 0 aromatic heterocycles. The molecule has 9 heteroatoms. The van der Waals surface area contributed by atoms with Crippen LogP contribution in [0.3, 0.4) is 0 Å². The second-order valence-electron chi connectivity index (χ2n) is 3.96. The number of nitrogens with one attached hydrogen (secondary N) is 1. The largest absolute Gasteiger partial charge is 0.468 e. The maximum Gasteiger partial charge on any atom is 0.409 e. The molecule has 0 bridgehead atoms. The standard InChI is InChI=1S/C12H15ClNO6P/c1-8(11(15)18-2)14-21(13,17)20-10-6-4-9(5-7-10)12(16)19-3/h4-8H,1-3H3,(H,14,17)/t8-,21?/m0/s1. The molecule has 0 saturated heterocycles. The first-order chi connectivity index (χ1) is 9.79. The first kappa shape index (κ1) is 17.5. The highest BCUT2D eigenvalue weighted by atomic mass is 35.7. The summed E-state index contributed by atoms with van der Waals surface area (Å²) in [5.41, 5.74) is 0.310. The molecule has 0 aliphatic heterocycles. The number of rotatable bonds is 6. The Morgan fingerprint density at radius 1 is 1.19 bits per heavy atom. The fourth-order valence-corrected chi connectivity index (χ4v) is 3.08. The van der Waals surface area contributed by atoms with Gasteiger partial charge in [0.1, 0.15) is 11.8 Å². The van der Waals surface area contributed by atoms with Gasteiger partial charge in [-0.05, 0) is 31.2 Å². The van der Waals surface area contributed by atoms with Crippen molar-refractivity contribution in [3.8, 4) is 5.75 Å². The van der Waals surface area contributed by atoms with Gasteiger partial charge in [0.15, 0.2) is 0 Å². The lowest BCUT2D eigenvalue weighted by molar-refractivity contribution is -0.142. The molecule has 7 nitrogen and oxygen atoms in total. The topological polar surface area (TPSA) is 90.9 Å². The minimum absolute atomic E-state index is 0.172. The van der Waals surface area contributed by atoms with Gasteiger partial charge in [-0.15, -0.1) is 0 Å². The number of carbonyl (C=O) groups excluding carboxylic acids is 2. The Hall–Kier alpha value is -1.56. The average Bonchev–Trinajstić information content (AvgIpc) is 2.45. The van der Waals surface area contributed by atoms with Crippen LogP contribution in [0.25, 0.3) is 0 Å². The Balaban J connectivity index is 2.73. The number of halogens is 1. The zero-order valence-electron chi connectivity index (χ0n) is 11.7. The number of hydrogen-bond donors (Lipinski definition) is 1. The zero-order valence-corrected chi connectivity index (χ0v) is 13.3. The van der Waals surface area contributed by atoms with Gasteiger partial charge < -0.3 is 14.0 Å². The summed E-state index contributed by atoms with van der Waals surface area (Å²) in [5, 5.41) is 2.34. The maximum absolute atomic E-state index is 12.0. The van der Waals surface area contributed by atoms with Gasteiger partial charge in [0, 0.05) is 11.2 Å². The van der Waals surface area contributed by atoms with Crippen LogP contribution in [0.1, 0.15) is 17.3 Å². The molecule has 1 rings (SSSR count). The monoisotopic (exact) mass is 335 g/mol. The highest BCUT2D eigenvalue weighted by Crippen LogP contribution is 2.48. The number of benzene rings is 1. The summed E-state index contributed by atoms with van der Waals surface area (Å²) < 4.78 is 26.1. The number of hydrogen-bond acceptors (Lipinski definition) is 6. The molecule has 1 aromatic rings. The van der Waals surface area contributed by atoms with Crippen LogP contribution in [0.15, 0.2) is 24.3 Å². The molecule has 0 fully saturated rings. The third-order valence-corrected chi connectivity index (χ3v) is 4.04. The minimum Gasteiger partial charge on any atom is -0.468 e. The van der Waals surface area contributed by atoms with E-state index in [0.717, 1.165) is 0 Å². The fourth-order valence-electron chi connectivity index (χ4n) is 1.39. The summed E-state index contributed by atoms with van der Waals surface area (Å²) in [6, 6.07) is 4.79. The van der Waals surface area contributed by atoms with E-state index in [1.54, 1.807) is 0 Å². The van der Waals surface area contributed by atoms with Crippen molar-refractivity contribution >= 4 is 30.1 Å². The van der Waals surface area contributed by atoms with Gasteiger partial charge in [0.25, 0.3) is 0 Å². The highest BCUT2D eigenvalue weighted by molar-refractivity contribution is 7.84. The van der Waals surface area contributed by atoms with Crippen molar-refractivity contribution in [1.29, 1.82) is 0 Å². The molecule has 0 heterocycles. The van der Waals surface area contributed by atoms with Crippen molar-refractivity contribution in [2.45, 2.75) is 13.0 Å². The number of methoxy groups -OCH3 is 2. The lowest BCUT2D eigenvalue weighted by Gasteiger charge is -2.17. The molecule has 0 radical (unpaired) electrons. The molecule has 1 unspecified atom stereocenters. The lowest BCUT2D eigenvalue weighted by atomic mass is 10.2. The van der Waals surface area contributed by atoms with Crippen LogP contribution < -0.4 is 9.61 Å². The van der Waals surface area contributed by atoms with Gasteiger partial charge in [-0.1, -0.05) is 0 Å². The molecule has 0 aliphatic rings. The van der Waals surface area contributed by atoms with E-state index in [9.17, 15) is 14.2 Å². The first-order valence-electron chi connectivity index (χ1n) is 5.82. The Morgan fingerprint density at radius 2 is 1.76 bits per heavy atom. The molecule has 2 atom stereocenters. The van der Waals surface area contributed by atoms with Crippen LogP contribution in [0.5, 0.6) is 5.75 Å². The normalized spacial score (nSPS) is 14.7. The first-order valence-corrected chi connectivity index (χ1v) is 8.35. The summed E-state index contributed by atoms with van der Waals surface area (Å²) >= 11 is 5.72. The van der Waals surface area contributed by atoms with Gasteiger partial charge >= 0.3 is 18.8 Å². The van der Waals surface area contributed by atoms with Crippen molar-refractivity contribution in [3.05, 3.63) is 29.8 Å². The van der Waals surface area contributed by atoms with Crippen molar-refractivity contribution < 1.29 is 28.2 Å². The van der Waals surface area contributed by atoms with E-state index in [1.807, 2.05) is 0 Å². The van der Waals surface area contributed by atoms with Gasteiger partial charge in [-0.25, -0.2) is 14.4 Å². The second-order valence-corrected chi connectivity index (χ2v) is 6.70. The summed E-state index contributed by atoms with van der Waals surface area (Å²) in [6.07, 6.45) is 0. The summed E-state index contributed by atoms with van der Waals surface area (Å²) in [6.45, 7) is -2.34. The molecule has 1 N–H and O–H groups in total. The van der Waals surface area contributed by atoms with Crippen LogP contribution in [0, 0.1) is 0 Å². The van der Waals surface area contributed by atoms with Crippen molar-refractivity contribution in [1.82, 2.24) is 5.09 Å². The molecule has 0 amide bonds.